The van der Waals surface area contributed by atoms with Crippen molar-refractivity contribution in [2.24, 2.45) is 5.92 Å². The van der Waals surface area contributed by atoms with Crippen molar-refractivity contribution < 1.29 is 9.53 Å². The van der Waals surface area contributed by atoms with Gasteiger partial charge in [0.1, 0.15) is 5.54 Å². The standard InChI is InChI=1S/C15H29N3O2/c1-16-15(12-7-8-12,14(19)20-4)11-17(2)10-13-6-5-9-18(13)3/h12-13,16H,5-11H2,1-4H3. The van der Waals surface area contributed by atoms with Gasteiger partial charge in [-0.2, -0.15) is 0 Å². The predicted octanol–water partition coefficient (Wildman–Crippen LogP) is 0.554. The molecule has 1 heterocycles. The van der Waals surface area contributed by atoms with Crippen LogP contribution in [0.2, 0.25) is 0 Å². The number of esters is 1. The van der Waals surface area contributed by atoms with Crippen LogP contribution in [0.25, 0.3) is 0 Å². The number of hydrogen-bond donors (Lipinski definition) is 1. The van der Waals surface area contributed by atoms with E-state index in [2.05, 4.69) is 29.2 Å². The molecule has 2 aliphatic rings. The molecule has 0 spiro atoms. The highest BCUT2D eigenvalue weighted by Gasteiger charge is 2.51. The molecule has 1 aliphatic heterocycles. The van der Waals surface area contributed by atoms with Crippen molar-refractivity contribution in [1.82, 2.24) is 15.1 Å². The van der Waals surface area contributed by atoms with Gasteiger partial charge < -0.3 is 19.9 Å². The van der Waals surface area contributed by atoms with Crippen molar-refractivity contribution in [2.45, 2.75) is 37.3 Å². The molecule has 0 bridgehead atoms. The minimum absolute atomic E-state index is 0.117. The van der Waals surface area contributed by atoms with Crippen LogP contribution < -0.4 is 5.32 Å². The van der Waals surface area contributed by atoms with Crippen molar-refractivity contribution in [3.63, 3.8) is 0 Å². The van der Waals surface area contributed by atoms with Crippen LogP contribution in [0.1, 0.15) is 25.7 Å². The van der Waals surface area contributed by atoms with Gasteiger partial charge in [-0.3, -0.25) is 0 Å². The fourth-order valence-electron chi connectivity index (χ4n) is 3.56. The van der Waals surface area contributed by atoms with Crippen LogP contribution in [0.15, 0.2) is 0 Å². The Bertz CT molecular complexity index is 346. The summed E-state index contributed by atoms with van der Waals surface area (Å²) in [5, 5.41) is 3.27. The molecule has 2 atom stereocenters. The van der Waals surface area contributed by atoms with Crippen molar-refractivity contribution in [3.05, 3.63) is 0 Å². The van der Waals surface area contributed by atoms with E-state index < -0.39 is 5.54 Å². The van der Waals surface area contributed by atoms with E-state index in [9.17, 15) is 4.79 Å². The summed E-state index contributed by atoms with van der Waals surface area (Å²) in [7, 11) is 7.67. The van der Waals surface area contributed by atoms with Gasteiger partial charge in [0.05, 0.1) is 7.11 Å². The average molecular weight is 283 g/mol. The van der Waals surface area contributed by atoms with Crippen molar-refractivity contribution in [1.29, 1.82) is 0 Å². The molecule has 1 saturated carbocycles. The van der Waals surface area contributed by atoms with Gasteiger partial charge in [0.15, 0.2) is 0 Å². The number of rotatable bonds is 7. The lowest BCUT2D eigenvalue weighted by molar-refractivity contribution is -0.150. The first-order valence-corrected chi connectivity index (χ1v) is 7.69. The summed E-state index contributed by atoms with van der Waals surface area (Å²) in [6.45, 7) is 2.93. The van der Waals surface area contributed by atoms with Gasteiger partial charge in [-0.15, -0.1) is 0 Å². The number of carbonyl (C=O) groups excluding carboxylic acids is 1. The van der Waals surface area contributed by atoms with Crippen molar-refractivity contribution in [3.8, 4) is 0 Å². The monoisotopic (exact) mass is 283 g/mol. The summed E-state index contributed by atoms with van der Waals surface area (Å²) in [5.74, 6) is 0.304. The van der Waals surface area contributed by atoms with Crippen LogP contribution in [0.4, 0.5) is 0 Å². The Kier molecular flexibility index (Phi) is 5.04. The SMILES string of the molecule is CNC(CN(C)CC1CCCN1C)(C(=O)OC)C1CC1. The Morgan fingerprint density at radius 3 is 2.60 bits per heavy atom. The molecule has 1 aliphatic carbocycles. The van der Waals surface area contributed by atoms with Crippen LogP contribution >= 0.6 is 0 Å². The third kappa shape index (κ3) is 3.15. The average Bonchev–Trinajstić information content (AvgIpc) is 3.21. The first kappa shape index (κ1) is 15.7. The summed E-state index contributed by atoms with van der Waals surface area (Å²) in [4.78, 5) is 17.0. The number of carbonyl (C=O) groups is 1. The highest BCUT2D eigenvalue weighted by Crippen LogP contribution is 2.40. The molecule has 5 nitrogen and oxygen atoms in total. The molecule has 20 heavy (non-hydrogen) atoms. The lowest BCUT2D eigenvalue weighted by Crippen LogP contribution is -2.60. The quantitative estimate of drug-likeness (QED) is 0.692. The van der Waals surface area contributed by atoms with Gasteiger partial charge in [0.2, 0.25) is 0 Å². The number of ether oxygens (including phenoxy) is 1. The second kappa shape index (κ2) is 6.41. The van der Waals surface area contributed by atoms with Crippen LogP contribution in [-0.4, -0.2) is 75.2 Å². The topological polar surface area (TPSA) is 44.8 Å². The summed E-state index contributed by atoms with van der Waals surface area (Å²) < 4.78 is 5.06. The maximum absolute atomic E-state index is 12.3. The third-order valence-electron chi connectivity index (χ3n) is 4.98. The lowest BCUT2D eigenvalue weighted by Gasteiger charge is -2.36. The van der Waals surface area contributed by atoms with Crippen LogP contribution in [0, 0.1) is 5.92 Å². The van der Waals surface area contributed by atoms with E-state index in [0.29, 0.717) is 12.0 Å². The first-order valence-electron chi connectivity index (χ1n) is 7.69. The van der Waals surface area contributed by atoms with Gasteiger partial charge in [-0.1, -0.05) is 0 Å². The molecular weight excluding hydrogens is 254 g/mol. The largest absolute Gasteiger partial charge is 0.468 e. The summed E-state index contributed by atoms with van der Waals surface area (Å²) >= 11 is 0. The summed E-state index contributed by atoms with van der Waals surface area (Å²) in [6, 6.07) is 0.617. The van der Waals surface area contributed by atoms with Crippen LogP contribution in [0.5, 0.6) is 0 Å². The summed E-state index contributed by atoms with van der Waals surface area (Å²) in [5.41, 5.74) is -0.527. The molecule has 1 saturated heterocycles. The minimum Gasteiger partial charge on any atom is -0.468 e. The van der Waals surface area contributed by atoms with Gasteiger partial charge in [0.25, 0.3) is 0 Å². The highest BCUT2D eigenvalue weighted by atomic mass is 16.5. The Morgan fingerprint density at radius 2 is 2.15 bits per heavy atom. The van der Waals surface area contributed by atoms with Gasteiger partial charge in [0, 0.05) is 19.1 Å². The third-order valence-corrected chi connectivity index (χ3v) is 4.98. The number of nitrogens with zero attached hydrogens (tertiary/aromatic N) is 2. The van der Waals surface area contributed by atoms with Gasteiger partial charge >= 0.3 is 5.97 Å². The molecule has 5 heteroatoms. The van der Waals surface area contributed by atoms with E-state index in [1.807, 2.05) is 7.05 Å². The molecule has 0 amide bonds. The molecule has 2 unspecified atom stereocenters. The fraction of sp³-hybridized carbons (Fsp3) is 0.933. The van der Waals surface area contributed by atoms with Crippen molar-refractivity contribution in [2.75, 3.05) is 47.9 Å². The Hall–Kier alpha value is -0.650. The molecular formula is C15H29N3O2. The van der Waals surface area contributed by atoms with Crippen LogP contribution in [0.3, 0.4) is 0 Å². The number of methoxy groups -OCH3 is 1. The lowest BCUT2D eigenvalue weighted by atomic mass is 9.92. The number of nitrogens with one attached hydrogen (secondary N) is 1. The molecule has 0 aromatic heterocycles. The number of likely N-dealkylation sites (tertiary alicyclic amines) is 1. The van der Waals surface area contributed by atoms with E-state index in [1.54, 1.807) is 0 Å². The second-order valence-corrected chi connectivity index (χ2v) is 6.46. The zero-order valence-electron chi connectivity index (χ0n) is 13.3. The van der Waals surface area contributed by atoms with Crippen LogP contribution in [-0.2, 0) is 9.53 Å². The molecule has 1 N–H and O–H groups in total. The second-order valence-electron chi connectivity index (χ2n) is 6.46. The van der Waals surface area contributed by atoms with Gasteiger partial charge in [-0.05, 0) is 59.3 Å². The normalized spacial score (nSPS) is 26.8. The van der Waals surface area contributed by atoms with E-state index >= 15 is 0 Å². The first-order chi connectivity index (χ1) is 9.53. The smallest absolute Gasteiger partial charge is 0.327 e. The van der Waals surface area contributed by atoms with Crippen molar-refractivity contribution >= 4 is 5.97 Å². The van der Waals surface area contributed by atoms with E-state index in [1.165, 1.54) is 26.5 Å². The molecule has 2 rings (SSSR count). The highest BCUT2D eigenvalue weighted by molar-refractivity contribution is 5.82. The maximum Gasteiger partial charge on any atom is 0.327 e. The number of likely N-dealkylation sites (N-methyl/N-ethyl adjacent to an activating group) is 3. The molecule has 0 aromatic rings. The zero-order chi connectivity index (χ0) is 14.8. The molecule has 0 radical (unpaired) electrons. The van der Waals surface area contributed by atoms with E-state index in [4.69, 9.17) is 4.74 Å². The number of hydrogen-bond acceptors (Lipinski definition) is 5. The van der Waals surface area contributed by atoms with Gasteiger partial charge in [-0.25, -0.2) is 4.79 Å². The minimum atomic E-state index is -0.527. The van der Waals surface area contributed by atoms with E-state index in [-0.39, 0.29) is 5.97 Å². The summed E-state index contributed by atoms with van der Waals surface area (Å²) in [6.07, 6.45) is 4.78. The van der Waals surface area contributed by atoms with E-state index in [0.717, 1.165) is 25.9 Å². The molecule has 116 valence electrons. The Morgan fingerprint density at radius 1 is 1.45 bits per heavy atom. The Balaban J connectivity index is 1.98. The molecule has 0 aromatic carbocycles. The predicted molar refractivity (Wildman–Crippen MR) is 79.7 cm³/mol. The maximum atomic E-state index is 12.3. The zero-order valence-corrected chi connectivity index (χ0v) is 13.3. The Labute approximate surface area is 122 Å². The fourth-order valence-corrected chi connectivity index (χ4v) is 3.56. The molecule has 2 fully saturated rings.